The van der Waals surface area contributed by atoms with Crippen LogP contribution in [0.2, 0.25) is 0 Å². The minimum Gasteiger partial charge on any atom is -0.511 e. The molecule has 0 aromatic heterocycles. The fourth-order valence-electron chi connectivity index (χ4n) is 3.94. The number of rotatable bonds is 7. The number of hydrogen-bond donors (Lipinski definition) is 1. The summed E-state index contributed by atoms with van der Waals surface area (Å²) < 4.78 is 4.90. The number of ether oxygens (including phenoxy) is 1. The van der Waals surface area contributed by atoms with Gasteiger partial charge in [-0.25, -0.2) is 0 Å². The number of aliphatic imine (C=N–C) groups is 1. The van der Waals surface area contributed by atoms with Crippen molar-refractivity contribution in [2.75, 3.05) is 7.11 Å². The molecule has 0 radical (unpaired) electrons. The fourth-order valence-corrected chi connectivity index (χ4v) is 3.94. The molecule has 1 aliphatic rings. The minimum absolute atomic E-state index is 0.124. The highest BCUT2D eigenvalue weighted by molar-refractivity contribution is 6.24. The molecule has 2 aromatic carbocycles. The monoisotopic (exact) mass is 447 g/mol. The molecule has 0 saturated heterocycles. The van der Waals surface area contributed by atoms with Gasteiger partial charge in [0.2, 0.25) is 0 Å². The van der Waals surface area contributed by atoms with Gasteiger partial charge >= 0.3 is 5.97 Å². The average Bonchev–Trinajstić information content (AvgIpc) is 2.78. The van der Waals surface area contributed by atoms with Gasteiger partial charge in [-0.1, -0.05) is 39.0 Å². The second-order valence-electron chi connectivity index (χ2n) is 8.67. The SMILES string of the molecule is CCCC(=O)C1=C(O)[C@H](C(=O)OC)C(C)(C)CC1=Nc1ccc(N=Nc2ccccc2)cc1. The van der Waals surface area contributed by atoms with Gasteiger partial charge in [-0.3, -0.25) is 14.6 Å². The minimum atomic E-state index is -0.918. The summed E-state index contributed by atoms with van der Waals surface area (Å²) in [5, 5.41) is 19.4. The number of allylic oxidation sites excluding steroid dienone is 1. The van der Waals surface area contributed by atoms with Crippen LogP contribution in [0.3, 0.4) is 0 Å². The Kier molecular flexibility index (Phi) is 7.53. The van der Waals surface area contributed by atoms with Crippen LogP contribution < -0.4 is 0 Å². The molecular weight excluding hydrogens is 418 g/mol. The summed E-state index contributed by atoms with van der Waals surface area (Å²) in [5.74, 6) is -1.97. The van der Waals surface area contributed by atoms with E-state index >= 15 is 0 Å². The number of hydrogen-bond acceptors (Lipinski definition) is 7. The van der Waals surface area contributed by atoms with Crippen molar-refractivity contribution in [2.24, 2.45) is 26.6 Å². The summed E-state index contributed by atoms with van der Waals surface area (Å²) in [6, 6.07) is 16.6. The number of ketones is 1. The van der Waals surface area contributed by atoms with Crippen LogP contribution in [0, 0.1) is 11.3 Å². The molecule has 2 aromatic rings. The van der Waals surface area contributed by atoms with Crippen LogP contribution in [-0.2, 0) is 14.3 Å². The molecule has 0 saturated carbocycles. The van der Waals surface area contributed by atoms with Gasteiger partial charge in [-0.05, 0) is 54.7 Å². The summed E-state index contributed by atoms with van der Waals surface area (Å²) in [4.78, 5) is 30.0. The topological polar surface area (TPSA) is 101 Å². The summed E-state index contributed by atoms with van der Waals surface area (Å²) >= 11 is 0. The summed E-state index contributed by atoms with van der Waals surface area (Å²) in [6.45, 7) is 5.60. The number of methoxy groups -OCH3 is 1. The first-order chi connectivity index (χ1) is 15.8. The molecule has 0 unspecified atom stereocenters. The van der Waals surface area contributed by atoms with Crippen molar-refractivity contribution in [1.82, 2.24) is 0 Å². The maximum absolute atomic E-state index is 12.9. The zero-order chi connectivity index (χ0) is 24.0. The van der Waals surface area contributed by atoms with Gasteiger partial charge < -0.3 is 9.84 Å². The first-order valence-corrected chi connectivity index (χ1v) is 11.0. The van der Waals surface area contributed by atoms with Crippen molar-refractivity contribution in [3.8, 4) is 0 Å². The third-order valence-corrected chi connectivity index (χ3v) is 5.57. The molecule has 0 aliphatic heterocycles. The molecule has 172 valence electrons. The Bertz CT molecular complexity index is 1100. The van der Waals surface area contributed by atoms with E-state index in [1.54, 1.807) is 24.3 Å². The van der Waals surface area contributed by atoms with E-state index in [0.29, 0.717) is 29.9 Å². The van der Waals surface area contributed by atoms with Gasteiger partial charge in [0.15, 0.2) is 5.78 Å². The lowest BCUT2D eigenvalue weighted by Gasteiger charge is -2.37. The molecule has 33 heavy (non-hydrogen) atoms. The van der Waals surface area contributed by atoms with E-state index < -0.39 is 17.3 Å². The molecule has 0 bridgehead atoms. The molecule has 1 N–H and O–H groups in total. The number of esters is 1. The normalized spacial score (nSPS) is 19.2. The number of azo groups is 1. The van der Waals surface area contributed by atoms with Crippen LogP contribution in [0.25, 0.3) is 0 Å². The number of benzene rings is 2. The molecule has 1 atom stereocenters. The predicted octanol–water partition coefficient (Wildman–Crippen LogP) is 6.57. The quantitative estimate of drug-likeness (QED) is 0.383. The van der Waals surface area contributed by atoms with Gasteiger partial charge in [0.25, 0.3) is 0 Å². The number of aliphatic hydroxyl groups excluding tert-OH is 1. The zero-order valence-corrected chi connectivity index (χ0v) is 19.4. The van der Waals surface area contributed by atoms with Gasteiger partial charge in [0, 0.05) is 6.42 Å². The highest BCUT2D eigenvalue weighted by Crippen LogP contribution is 2.43. The van der Waals surface area contributed by atoms with E-state index in [1.807, 2.05) is 51.1 Å². The van der Waals surface area contributed by atoms with Crippen LogP contribution in [0.1, 0.15) is 40.0 Å². The van der Waals surface area contributed by atoms with Crippen molar-refractivity contribution in [3.05, 3.63) is 65.9 Å². The maximum Gasteiger partial charge on any atom is 0.316 e. The average molecular weight is 448 g/mol. The Balaban J connectivity index is 1.96. The lowest BCUT2D eigenvalue weighted by molar-refractivity contribution is -0.149. The van der Waals surface area contributed by atoms with Crippen molar-refractivity contribution < 1.29 is 19.4 Å². The van der Waals surface area contributed by atoms with E-state index in [2.05, 4.69) is 15.2 Å². The van der Waals surface area contributed by atoms with Gasteiger partial charge in [-0.15, -0.1) is 0 Å². The Morgan fingerprint density at radius 3 is 2.15 bits per heavy atom. The summed E-state index contributed by atoms with van der Waals surface area (Å²) in [5.41, 5.74) is 1.96. The van der Waals surface area contributed by atoms with Crippen molar-refractivity contribution >= 4 is 34.5 Å². The molecular formula is C26H29N3O4. The van der Waals surface area contributed by atoms with Gasteiger partial charge in [0.1, 0.15) is 11.7 Å². The lowest BCUT2D eigenvalue weighted by atomic mass is 9.67. The van der Waals surface area contributed by atoms with Crippen LogP contribution >= 0.6 is 0 Å². The van der Waals surface area contributed by atoms with E-state index in [-0.39, 0.29) is 23.5 Å². The van der Waals surface area contributed by atoms with Crippen molar-refractivity contribution in [2.45, 2.75) is 40.0 Å². The zero-order valence-electron chi connectivity index (χ0n) is 19.4. The van der Waals surface area contributed by atoms with E-state index in [1.165, 1.54) is 7.11 Å². The van der Waals surface area contributed by atoms with Crippen LogP contribution in [0.4, 0.5) is 17.1 Å². The number of Topliss-reactive ketones (excluding diaryl/α,β-unsaturated/α-hetero) is 1. The molecule has 0 spiro atoms. The lowest BCUT2D eigenvalue weighted by Crippen LogP contribution is -2.41. The predicted molar refractivity (Wildman–Crippen MR) is 128 cm³/mol. The first kappa shape index (κ1) is 24.0. The Morgan fingerprint density at radius 1 is 1.00 bits per heavy atom. The van der Waals surface area contributed by atoms with Gasteiger partial charge in [-0.2, -0.15) is 10.2 Å². The van der Waals surface area contributed by atoms with Crippen molar-refractivity contribution in [1.29, 1.82) is 0 Å². The summed E-state index contributed by atoms with van der Waals surface area (Å²) in [7, 11) is 1.28. The number of nitrogens with zero attached hydrogens (tertiary/aromatic N) is 3. The molecule has 7 heteroatoms. The molecule has 3 rings (SSSR count). The van der Waals surface area contributed by atoms with E-state index in [0.717, 1.165) is 5.69 Å². The van der Waals surface area contributed by atoms with Gasteiger partial charge in [0.05, 0.1) is 35.5 Å². The van der Waals surface area contributed by atoms with Crippen LogP contribution in [-0.4, -0.2) is 29.7 Å². The van der Waals surface area contributed by atoms with Crippen LogP contribution in [0.15, 0.2) is 81.2 Å². The number of carbonyl (C=O) groups excluding carboxylic acids is 2. The third kappa shape index (κ3) is 5.61. The summed E-state index contributed by atoms with van der Waals surface area (Å²) in [6.07, 6.45) is 1.22. The first-order valence-electron chi connectivity index (χ1n) is 11.0. The van der Waals surface area contributed by atoms with E-state index in [4.69, 9.17) is 4.74 Å². The van der Waals surface area contributed by atoms with Crippen LogP contribution in [0.5, 0.6) is 0 Å². The third-order valence-electron chi connectivity index (χ3n) is 5.57. The Hall–Kier alpha value is -3.61. The molecule has 0 fully saturated rings. The highest BCUT2D eigenvalue weighted by Gasteiger charge is 2.47. The molecule has 0 amide bonds. The van der Waals surface area contributed by atoms with Crippen molar-refractivity contribution in [3.63, 3.8) is 0 Å². The second-order valence-corrected chi connectivity index (χ2v) is 8.67. The fraction of sp³-hybridized carbons (Fsp3) is 0.346. The Labute approximate surface area is 193 Å². The largest absolute Gasteiger partial charge is 0.511 e. The number of carbonyl (C=O) groups is 2. The van der Waals surface area contributed by atoms with E-state index in [9.17, 15) is 14.7 Å². The molecule has 0 heterocycles. The molecule has 7 nitrogen and oxygen atoms in total. The molecule has 1 aliphatic carbocycles. The Morgan fingerprint density at radius 2 is 1.58 bits per heavy atom. The maximum atomic E-state index is 12.9. The second kappa shape index (κ2) is 10.3. The standard InChI is InChI=1S/C26H29N3O4/c1-5-9-21(30)22-20(16-26(2,3)23(24(22)31)25(32)33-4)27-17-12-14-19(15-13-17)29-28-18-10-7-6-8-11-18/h6-8,10-15,23,31H,5,9,16H2,1-4H3/t23-/m1/s1. The smallest absolute Gasteiger partial charge is 0.316 e. The highest BCUT2D eigenvalue weighted by atomic mass is 16.5. The number of aliphatic hydroxyl groups is 1.